The fraction of sp³-hybridized carbons (Fsp3) is 0.333. The zero-order valence-electron chi connectivity index (χ0n) is 15.3. The minimum Gasteiger partial charge on any atom is -0.491 e. The molecular formula is C21H24N2O3. The molecule has 2 N–H and O–H groups in total. The summed E-state index contributed by atoms with van der Waals surface area (Å²) in [7, 11) is 0. The van der Waals surface area contributed by atoms with Crippen LogP contribution in [0.15, 0.2) is 42.5 Å². The van der Waals surface area contributed by atoms with E-state index in [2.05, 4.69) is 10.6 Å². The van der Waals surface area contributed by atoms with E-state index in [1.54, 1.807) is 24.3 Å². The molecule has 1 aliphatic carbocycles. The summed E-state index contributed by atoms with van der Waals surface area (Å²) >= 11 is 0. The van der Waals surface area contributed by atoms with Gasteiger partial charge in [0.15, 0.2) is 0 Å². The van der Waals surface area contributed by atoms with Gasteiger partial charge in [-0.1, -0.05) is 12.1 Å². The molecule has 1 aliphatic rings. The Morgan fingerprint density at radius 1 is 1.08 bits per heavy atom. The first-order valence-electron chi connectivity index (χ1n) is 8.92. The summed E-state index contributed by atoms with van der Waals surface area (Å²) in [5, 5.41) is 5.82. The molecule has 0 bridgehead atoms. The van der Waals surface area contributed by atoms with Gasteiger partial charge in [-0.2, -0.15) is 0 Å². The van der Waals surface area contributed by atoms with Crippen LogP contribution in [0, 0.1) is 12.8 Å². The second-order valence-corrected chi connectivity index (χ2v) is 6.94. The number of amides is 2. The topological polar surface area (TPSA) is 67.4 Å². The van der Waals surface area contributed by atoms with E-state index in [1.807, 2.05) is 39.0 Å². The molecule has 2 aromatic rings. The molecule has 5 nitrogen and oxygen atoms in total. The summed E-state index contributed by atoms with van der Waals surface area (Å²) in [6, 6.07) is 12.6. The molecule has 136 valence electrons. The van der Waals surface area contributed by atoms with Crippen LogP contribution in [0.3, 0.4) is 0 Å². The number of carbonyl (C=O) groups excluding carboxylic acids is 2. The normalized spacial score (nSPS) is 13.4. The van der Waals surface area contributed by atoms with Crippen molar-refractivity contribution in [1.82, 2.24) is 0 Å². The monoisotopic (exact) mass is 352 g/mol. The highest BCUT2D eigenvalue weighted by molar-refractivity contribution is 6.05. The molecule has 0 aliphatic heterocycles. The molecule has 0 heterocycles. The Kier molecular flexibility index (Phi) is 5.26. The van der Waals surface area contributed by atoms with E-state index in [4.69, 9.17) is 4.74 Å². The van der Waals surface area contributed by atoms with Crippen molar-refractivity contribution in [3.05, 3.63) is 53.6 Å². The highest BCUT2D eigenvalue weighted by Crippen LogP contribution is 2.31. The minimum atomic E-state index is -0.220. The number of ether oxygens (including phenoxy) is 1. The van der Waals surface area contributed by atoms with Crippen molar-refractivity contribution in [2.24, 2.45) is 5.92 Å². The lowest BCUT2D eigenvalue weighted by Crippen LogP contribution is -2.16. The van der Waals surface area contributed by atoms with Crippen LogP contribution in [0.5, 0.6) is 5.75 Å². The van der Waals surface area contributed by atoms with Gasteiger partial charge in [-0.3, -0.25) is 9.59 Å². The van der Waals surface area contributed by atoms with Gasteiger partial charge in [-0.15, -0.1) is 0 Å². The molecule has 0 aromatic heterocycles. The number of aryl methyl sites for hydroxylation is 1. The summed E-state index contributed by atoms with van der Waals surface area (Å²) < 4.78 is 5.63. The molecule has 5 heteroatoms. The smallest absolute Gasteiger partial charge is 0.255 e. The molecule has 0 saturated heterocycles. The first-order valence-corrected chi connectivity index (χ1v) is 8.92. The van der Waals surface area contributed by atoms with Crippen LogP contribution >= 0.6 is 0 Å². The fourth-order valence-electron chi connectivity index (χ4n) is 2.60. The summed E-state index contributed by atoms with van der Waals surface area (Å²) in [6.07, 6.45) is 1.95. The average molecular weight is 352 g/mol. The SMILES string of the molecule is Cc1ccc(NC(=O)c2cccc(OC(C)C)c2)cc1NC(=O)C1CC1. The zero-order valence-corrected chi connectivity index (χ0v) is 15.3. The van der Waals surface area contributed by atoms with E-state index in [-0.39, 0.29) is 23.8 Å². The van der Waals surface area contributed by atoms with E-state index in [0.717, 1.165) is 24.1 Å². The molecule has 0 radical (unpaired) electrons. The number of nitrogens with one attached hydrogen (secondary N) is 2. The predicted molar refractivity (Wildman–Crippen MR) is 103 cm³/mol. The molecule has 0 spiro atoms. The lowest BCUT2D eigenvalue weighted by molar-refractivity contribution is -0.117. The van der Waals surface area contributed by atoms with Crippen LogP contribution in [0.4, 0.5) is 11.4 Å². The highest BCUT2D eigenvalue weighted by atomic mass is 16.5. The van der Waals surface area contributed by atoms with Gasteiger partial charge in [0.05, 0.1) is 6.10 Å². The van der Waals surface area contributed by atoms with Crippen LogP contribution in [-0.4, -0.2) is 17.9 Å². The minimum absolute atomic E-state index is 0.0445. The van der Waals surface area contributed by atoms with Crippen LogP contribution < -0.4 is 15.4 Å². The number of rotatable bonds is 6. The van der Waals surface area contributed by atoms with Crippen molar-refractivity contribution in [2.45, 2.75) is 39.7 Å². The van der Waals surface area contributed by atoms with E-state index in [9.17, 15) is 9.59 Å². The Morgan fingerprint density at radius 2 is 1.85 bits per heavy atom. The number of benzene rings is 2. The lowest BCUT2D eigenvalue weighted by atomic mass is 10.1. The lowest BCUT2D eigenvalue weighted by Gasteiger charge is -2.13. The van der Waals surface area contributed by atoms with Gasteiger partial charge < -0.3 is 15.4 Å². The fourth-order valence-corrected chi connectivity index (χ4v) is 2.60. The van der Waals surface area contributed by atoms with Gasteiger partial charge in [-0.25, -0.2) is 0 Å². The summed E-state index contributed by atoms with van der Waals surface area (Å²) in [6.45, 7) is 5.81. The molecule has 2 aromatic carbocycles. The van der Waals surface area contributed by atoms with E-state index in [1.165, 1.54) is 0 Å². The van der Waals surface area contributed by atoms with Crippen molar-refractivity contribution in [3.63, 3.8) is 0 Å². The first kappa shape index (κ1) is 18.0. The van der Waals surface area contributed by atoms with Crippen molar-refractivity contribution in [2.75, 3.05) is 10.6 Å². The van der Waals surface area contributed by atoms with Gasteiger partial charge in [0, 0.05) is 22.9 Å². The molecule has 2 amide bonds. The maximum Gasteiger partial charge on any atom is 0.255 e. The molecule has 1 saturated carbocycles. The number of hydrogen-bond acceptors (Lipinski definition) is 3. The van der Waals surface area contributed by atoms with Crippen molar-refractivity contribution in [3.8, 4) is 5.75 Å². The first-order chi connectivity index (χ1) is 12.4. The number of carbonyl (C=O) groups is 2. The van der Waals surface area contributed by atoms with Gasteiger partial charge >= 0.3 is 0 Å². The van der Waals surface area contributed by atoms with E-state index in [0.29, 0.717) is 17.0 Å². The quantitative estimate of drug-likeness (QED) is 0.810. The molecule has 26 heavy (non-hydrogen) atoms. The van der Waals surface area contributed by atoms with Crippen molar-refractivity contribution in [1.29, 1.82) is 0 Å². The Labute approximate surface area is 153 Å². The Hall–Kier alpha value is -2.82. The van der Waals surface area contributed by atoms with Gasteiger partial charge in [0.25, 0.3) is 5.91 Å². The second kappa shape index (κ2) is 7.60. The maximum atomic E-state index is 12.5. The molecule has 3 rings (SSSR count). The largest absolute Gasteiger partial charge is 0.491 e. The Balaban J connectivity index is 1.71. The van der Waals surface area contributed by atoms with Crippen LogP contribution in [0.25, 0.3) is 0 Å². The average Bonchev–Trinajstić information content (AvgIpc) is 3.42. The van der Waals surface area contributed by atoms with Crippen LogP contribution in [-0.2, 0) is 4.79 Å². The summed E-state index contributed by atoms with van der Waals surface area (Å²) in [4.78, 5) is 24.5. The molecule has 0 unspecified atom stereocenters. The highest BCUT2D eigenvalue weighted by Gasteiger charge is 2.29. The Bertz CT molecular complexity index is 826. The predicted octanol–water partition coefficient (Wildman–Crippen LogP) is 4.38. The number of hydrogen-bond donors (Lipinski definition) is 2. The molecular weight excluding hydrogens is 328 g/mol. The third-order valence-corrected chi connectivity index (χ3v) is 4.17. The zero-order chi connectivity index (χ0) is 18.7. The Morgan fingerprint density at radius 3 is 2.54 bits per heavy atom. The van der Waals surface area contributed by atoms with Gasteiger partial charge in [0.2, 0.25) is 5.91 Å². The van der Waals surface area contributed by atoms with Crippen LogP contribution in [0.2, 0.25) is 0 Å². The van der Waals surface area contributed by atoms with Crippen molar-refractivity contribution < 1.29 is 14.3 Å². The molecule has 1 fully saturated rings. The standard InChI is InChI=1S/C21H24N2O3/c1-13(2)26-18-6-4-5-16(11-18)21(25)22-17-10-7-14(3)19(12-17)23-20(24)15-8-9-15/h4-7,10-13,15H,8-9H2,1-3H3,(H,22,25)(H,23,24). The third kappa shape index (κ3) is 4.63. The number of anilines is 2. The van der Waals surface area contributed by atoms with Gasteiger partial charge in [-0.05, 0) is 69.5 Å². The van der Waals surface area contributed by atoms with Crippen molar-refractivity contribution >= 4 is 23.2 Å². The van der Waals surface area contributed by atoms with E-state index >= 15 is 0 Å². The maximum absolute atomic E-state index is 12.5. The summed E-state index contributed by atoms with van der Waals surface area (Å²) in [5.41, 5.74) is 2.86. The van der Waals surface area contributed by atoms with Gasteiger partial charge in [0.1, 0.15) is 5.75 Å². The third-order valence-electron chi connectivity index (χ3n) is 4.17. The van der Waals surface area contributed by atoms with Crippen LogP contribution in [0.1, 0.15) is 42.6 Å². The van der Waals surface area contributed by atoms with E-state index < -0.39 is 0 Å². The second-order valence-electron chi connectivity index (χ2n) is 6.94. The summed E-state index contributed by atoms with van der Waals surface area (Å²) in [5.74, 6) is 0.628. The molecule has 0 atom stereocenters.